The molecule has 2 aliphatic rings. The van der Waals surface area contributed by atoms with Gasteiger partial charge in [-0.15, -0.1) is 0 Å². The predicted molar refractivity (Wildman–Crippen MR) is 62.2 cm³/mol. The van der Waals surface area contributed by atoms with E-state index in [-0.39, 0.29) is 23.5 Å². The van der Waals surface area contributed by atoms with Crippen molar-refractivity contribution < 1.29 is 8.42 Å². The van der Waals surface area contributed by atoms with E-state index in [0.717, 1.165) is 25.2 Å². The van der Waals surface area contributed by atoms with Crippen molar-refractivity contribution >= 4 is 9.84 Å². The van der Waals surface area contributed by atoms with Crippen LogP contribution in [0.15, 0.2) is 0 Å². The number of hydrogen-bond donors (Lipinski definition) is 1. The second kappa shape index (κ2) is 3.78. The van der Waals surface area contributed by atoms with E-state index in [0.29, 0.717) is 12.2 Å². The fourth-order valence-electron chi connectivity index (χ4n) is 2.57. The molecule has 0 amide bonds. The Morgan fingerprint density at radius 2 is 2.18 bits per heavy atom. The first kappa shape index (κ1) is 11.2. The molecule has 2 aliphatic heterocycles. The third kappa shape index (κ3) is 1.97. The highest BCUT2D eigenvalue weighted by atomic mass is 32.2. The normalized spacial score (nSPS) is 31.4. The number of nitrogens with two attached hydrogens (primary N) is 1. The summed E-state index contributed by atoms with van der Waals surface area (Å²) in [5, 5.41) is 4.41. The maximum absolute atomic E-state index is 11.4. The van der Waals surface area contributed by atoms with Crippen LogP contribution in [0.2, 0.25) is 0 Å². The van der Waals surface area contributed by atoms with Crippen molar-refractivity contribution in [1.82, 2.24) is 14.8 Å². The Morgan fingerprint density at radius 1 is 1.35 bits per heavy atom. The van der Waals surface area contributed by atoms with Crippen molar-refractivity contribution in [2.75, 3.05) is 11.5 Å². The summed E-state index contributed by atoms with van der Waals surface area (Å²) in [4.78, 5) is 4.44. The van der Waals surface area contributed by atoms with E-state index >= 15 is 0 Å². The maximum Gasteiger partial charge on any atom is 0.155 e. The highest BCUT2D eigenvalue weighted by Gasteiger charge is 2.33. The minimum Gasteiger partial charge on any atom is -0.321 e. The van der Waals surface area contributed by atoms with Crippen LogP contribution in [0.4, 0.5) is 0 Å². The molecule has 17 heavy (non-hydrogen) atoms. The summed E-state index contributed by atoms with van der Waals surface area (Å²) in [7, 11) is -2.88. The van der Waals surface area contributed by atoms with Crippen LogP contribution in [0.3, 0.4) is 0 Å². The van der Waals surface area contributed by atoms with Crippen molar-refractivity contribution in [1.29, 1.82) is 0 Å². The van der Waals surface area contributed by atoms with Gasteiger partial charge in [0.25, 0.3) is 0 Å². The molecule has 3 rings (SSSR count). The monoisotopic (exact) mass is 256 g/mol. The second-order valence-corrected chi connectivity index (χ2v) is 7.13. The minimum absolute atomic E-state index is 0.0368. The van der Waals surface area contributed by atoms with E-state index in [9.17, 15) is 8.42 Å². The van der Waals surface area contributed by atoms with Crippen molar-refractivity contribution in [3.05, 3.63) is 11.6 Å². The van der Waals surface area contributed by atoms with E-state index in [1.54, 1.807) is 0 Å². The molecule has 0 aromatic carbocycles. The number of aromatic nitrogens is 3. The summed E-state index contributed by atoms with van der Waals surface area (Å²) in [6.45, 7) is 0.843. The molecular formula is C10H16N4O2S. The van der Waals surface area contributed by atoms with Gasteiger partial charge in [-0.05, 0) is 19.3 Å². The zero-order valence-electron chi connectivity index (χ0n) is 9.54. The van der Waals surface area contributed by atoms with Gasteiger partial charge < -0.3 is 5.73 Å². The molecule has 1 aromatic rings. The summed E-state index contributed by atoms with van der Waals surface area (Å²) >= 11 is 0. The zero-order valence-corrected chi connectivity index (χ0v) is 10.4. The van der Waals surface area contributed by atoms with Gasteiger partial charge >= 0.3 is 0 Å². The van der Waals surface area contributed by atoms with E-state index in [1.807, 2.05) is 4.68 Å². The number of aryl methyl sites for hydroxylation is 1. The number of rotatable bonds is 1. The predicted octanol–water partition coefficient (Wildman–Crippen LogP) is -0.0262. The molecule has 2 N–H and O–H groups in total. The third-order valence-corrected chi connectivity index (χ3v) is 5.30. The number of hydrogen-bond acceptors (Lipinski definition) is 5. The van der Waals surface area contributed by atoms with Crippen molar-refractivity contribution in [3.63, 3.8) is 0 Å². The van der Waals surface area contributed by atoms with Crippen LogP contribution in [-0.4, -0.2) is 34.7 Å². The average Bonchev–Trinajstić information content (AvgIpc) is 2.82. The summed E-state index contributed by atoms with van der Waals surface area (Å²) < 4.78 is 24.7. The fourth-order valence-corrected chi connectivity index (χ4v) is 4.31. The lowest BCUT2D eigenvalue weighted by Gasteiger charge is -2.17. The van der Waals surface area contributed by atoms with Gasteiger partial charge in [-0.2, -0.15) is 5.10 Å². The van der Waals surface area contributed by atoms with Crippen molar-refractivity contribution in [2.24, 2.45) is 5.73 Å². The Kier molecular flexibility index (Phi) is 2.48. The van der Waals surface area contributed by atoms with Gasteiger partial charge in [-0.1, -0.05) is 0 Å². The Morgan fingerprint density at radius 3 is 2.82 bits per heavy atom. The molecule has 0 radical (unpaired) electrons. The standard InChI is InChI=1S/C10H16N4O2S/c11-8-2-1-4-14-10(8)12-9(13-14)7-3-5-17(15,16)6-7/h7-8H,1-6,11H2. The Labute approximate surface area is 100 Å². The molecule has 7 heteroatoms. The lowest BCUT2D eigenvalue weighted by Crippen LogP contribution is -2.22. The van der Waals surface area contributed by atoms with Crippen LogP contribution in [0, 0.1) is 0 Å². The first-order valence-corrected chi connectivity index (χ1v) is 7.78. The highest BCUT2D eigenvalue weighted by Crippen LogP contribution is 2.29. The van der Waals surface area contributed by atoms with E-state index in [4.69, 9.17) is 5.73 Å². The highest BCUT2D eigenvalue weighted by molar-refractivity contribution is 7.91. The van der Waals surface area contributed by atoms with Gasteiger partial charge in [-0.3, -0.25) is 0 Å². The van der Waals surface area contributed by atoms with Gasteiger partial charge in [-0.25, -0.2) is 18.1 Å². The first-order chi connectivity index (χ1) is 8.05. The molecule has 2 atom stereocenters. The molecule has 2 unspecified atom stereocenters. The fraction of sp³-hybridized carbons (Fsp3) is 0.800. The minimum atomic E-state index is -2.88. The molecule has 3 heterocycles. The van der Waals surface area contributed by atoms with E-state index in [1.165, 1.54) is 0 Å². The smallest absolute Gasteiger partial charge is 0.155 e. The maximum atomic E-state index is 11.4. The first-order valence-electron chi connectivity index (χ1n) is 5.96. The summed E-state index contributed by atoms with van der Waals surface area (Å²) in [5.41, 5.74) is 5.97. The molecule has 1 fully saturated rings. The van der Waals surface area contributed by atoms with Crippen LogP contribution in [0.25, 0.3) is 0 Å². The summed E-state index contributed by atoms with van der Waals surface area (Å²) in [6.07, 6.45) is 2.59. The Bertz CT molecular complexity index is 537. The van der Waals surface area contributed by atoms with E-state index in [2.05, 4.69) is 10.1 Å². The quantitative estimate of drug-likeness (QED) is 0.762. The Hall–Kier alpha value is -0.950. The van der Waals surface area contributed by atoms with Crippen LogP contribution in [0.5, 0.6) is 0 Å². The number of fused-ring (bicyclic) bond motifs is 1. The largest absolute Gasteiger partial charge is 0.321 e. The van der Waals surface area contributed by atoms with Crippen LogP contribution < -0.4 is 5.73 Å². The van der Waals surface area contributed by atoms with Gasteiger partial charge in [0.2, 0.25) is 0 Å². The Balaban J connectivity index is 1.90. The SMILES string of the molecule is NC1CCCn2nc(C3CCS(=O)(=O)C3)nc21. The van der Waals surface area contributed by atoms with Crippen molar-refractivity contribution in [2.45, 2.75) is 37.8 Å². The molecule has 0 saturated carbocycles. The molecule has 0 aliphatic carbocycles. The van der Waals surface area contributed by atoms with Crippen molar-refractivity contribution in [3.8, 4) is 0 Å². The second-order valence-electron chi connectivity index (χ2n) is 4.90. The van der Waals surface area contributed by atoms with Crippen LogP contribution in [-0.2, 0) is 16.4 Å². The molecule has 1 saturated heterocycles. The summed E-state index contributed by atoms with van der Waals surface area (Å²) in [6, 6.07) is -0.0528. The third-order valence-electron chi connectivity index (χ3n) is 3.53. The lowest BCUT2D eigenvalue weighted by atomic mass is 10.1. The topological polar surface area (TPSA) is 90.9 Å². The van der Waals surface area contributed by atoms with E-state index < -0.39 is 9.84 Å². The van der Waals surface area contributed by atoms with Gasteiger partial charge in [0, 0.05) is 12.5 Å². The van der Waals surface area contributed by atoms with Crippen LogP contribution in [0.1, 0.15) is 42.9 Å². The van der Waals surface area contributed by atoms with Gasteiger partial charge in [0.1, 0.15) is 5.82 Å². The lowest BCUT2D eigenvalue weighted by molar-refractivity contribution is 0.421. The van der Waals surface area contributed by atoms with Gasteiger partial charge in [0.15, 0.2) is 15.7 Å². The zero-order chi connectivity index (χ0) is 12.0. The molecular weight excluding hydrogens is 240 g/mol. The molecule has 1 aromatic heterocycles. The average molecular weight is 256 g/mol. The molecule has 0 bridgehead atoms. The molecule has 0 spiro atoms. The number of sulfone groups is 1. The number of nitrogens with zero attached hydrogens (tertiary/aromatic N) is 3. The van der Waals surface area contributed by atoms with Gasteiger partial charge in [0.05, 0.1) is 17.5 Å². The molecule has 94 valence electrons. The van der Waals surface area contributed by atoms with Crippen LogP contribution >= 0.6 is 0 Å². The molecule has 6 nitrogen and oxygen atoms in total. The summed E-state index contributed by atoms with van der Waals surface area (Å²) in [5.74, 6) is 1.89.